The van der Waals surface area contributed by atoms with Crippen molar-refractivity contribution in [3.8, 4) is 11.4 Å². The average molecular weight is 488 g/mol. The Balaban J connectivity index is 1.43. The zero-order chi connectivity index (χ0) is 24.7. The average Bonchev–Trinajstić information content (AvgIpc) is 3.41. The molecule has 3 aromatic rings. The normalized spacial score (nSPS) is 17.6. The van der Waals surface area contributed by atoms with E-state index in [1.807, 2.05) is 32.9 Å². The van der Waals surface area contributed by atoms with Gasteiger partial charge in [-0.25, -0.2) is 8.42 Å². The highest BCUT2D eigenvalue weighted by Gasteiger charge is 2.36. The molecule has 1 fully saturated rings. The van der Waals surface area contributed by atoms with Crippen LogP contribution in [0.3, 0.4) is 0 Å². The van der Waals surface area contributed by atoms with Gasteiger partial charge >= 0.3 is 0 Å². The summed E-state index contributed by atoms with van der Waals surface area (Å²) in [5.41, 5.74) is 1.46. The molecule has 0 saturated carbocycles. The smallest absolute Gasteiger partial charge is 0.248 e. The summed E-state index contributed by atoms with van der Waals surface area (Å²) >= 11 is 0. The van der Waals surface area contributed by atoms with Crippen LogP contribution in [0.5, 0.6) is 0 Å². The number of nitrogens with one attached hydrogen (secondary N) is 1. The van der Waals surface area contributed by atoms with Gasteiger partial charge in [0.15, 0.2) is 5.76 Å². The van der Waals surface area contributed by atoms with Gasteiger partial charge in [-0.05, 0) is 51.0 Å². The molecule has 1 N–H and O–H groups in total. The molecule has 1 aliphatic rings. The van der Waals surface area contributed by atoms with E-state index in [1.54, 1.807) is 26.0 Å². The predicted octanol–water partition coefficient (Wildman–Crippen LogP) is 3.68. The number of aromatic nitrogens is 3. The molecule has 1 saturated heterocycles. The standard InChI is InChI=1S/C23H29N5O5S/c1-14-19(15(2)32-26-14)34(30,31)28-12-6-7-17(13-28)21(29)24-18-10-8-16(9-11-18)20-25-22(33-27-20)23(3,4)5/h8-11,17H,6-7,12-13H2,1-5H3,(H,24,29). The molecule has 11 heteroatoms. The second-order valence-electron chi connectivity index (χ2n) is 9.60. The maximum absolute atomic E-state index is 13.1. The van der Waals surface area contributed by atoms with Gasteiger partial charge in [0, 0.05) is 29.8 Å². The van der Waals surface area contributed by atoms with Gasteiger partial charge in [-0.1, -0.05) is 31.1 Å². The molecule has 0 aliphatic carbocycles. The van der Waals surface area contributed by atoms with Crippen molar-refractivity contribution in [2.24, 2.45) is 5.92 Å². The number of aryl methyl sites for hydroxylation is 2. The van der Waals surface area contributed by atoms with Crippen molar-refractivity contribution < 1.29 is 22.3 Å². The first-order chi connectivity index (χ1) is 16.0. The van der Waals surface area contributed by atoms with E-state index in [-0.39, 0.29) is 28.5 Å². The van der Waals surface area contributed by atoms with Crippen molar-refractivity contribution in [2.75, 3.05) is 18.4 Å². The summed E-state index contributed by atoms with van der Waals surface area (Å²) < 4.78 is 38.0. The lowest BCUT2D eigenvalue weighted by Crippen LogP contribution is -2.43. The molecule has 1 aliphatic heterocycles. The topological polar surface area (TPSA) is 131 Å². The SMILES string of the molecule is Cc1noc(C)c1S(=O)(=O)N1CCCC(C(=O)Nc2ccc(-c3noc(C(C)(C)C)n3)cc2)C1. The number of rotatable bonds is 5. The molecule has 182 valence electrons. The number of carbonyl (C=O) groups excluding carboxylic acids is 1. The Morgan fingerprint density at radius 1 is 1.12 bits per heavy atom. The fourth-order valence-electron chi connectivity index (χ4n) is 3.94. The summed E-state index contributed by atoms with van der Waals surface area (Å²) in [7, 11) is -3.79. The fourth-order valence-corrected chi connectivity index (χ4v) is 5.75. The minimum absolute atomic E-state index is 0.0835. The Hall–Kier alpha value is -3.05. The zero-order valence-electron chi connectivity index (χ0n) is 20.0. The largest absolute Gasteiger partial charge is 0.360 e. The molecule has 1 amide bonds. The maximum atomic E-state index is 13.1. The van der Waals surface area contributed by atoms with Crippen LogP contribution in [-0.4, -0.2) is 47.0 Å². The molecule has 1 unspecified atom stereocenters. The first kappa shape index (κ1) is 24.1. The molecule has 0 spiro atoms. The van der Waals surface area contributed by atoms with Crippen LogP contribution in [0.1, 0.15) is 51.0 Å². The van der Waals surface area contributed by atoms with Gasteiger partial charge in [0.2, 0.25) is 27.6 Å². The van der Waals surface area contributed by atoms with E-state index in [1.165, 1.54) is 4.31 Å². The van der Waals surface area contributed by atoms with Crippen LogP contribution in [-0.2, 0) is 20.2 Å². The number of hydrogen-bond acceptors (Lipinski definition) is 8. The lowest BCUT2D eigenvalue weighted by atomic mass is 9.97. The summed E-state index contributed by atoms with van der Waals surface area (Å²) in [5, 5.41) is 10.7. The quantitative estimate of drug-likeness (QED) is 0.576. The molecule has 3 heterocycles. The summed E-state index contributed by atoms with van der Waals surface area (Å²) in [5.74, 6) is 0.597. The van der Waals surface area contributed by atoms with Crippen molar-refractivity contribution >= 4 is 21.6 Å². The molecule has 1 aromatic carbocycles. The third kappa shape index (κ3) is 4.76. The van der Waals surface area contributed by atoms with Crippen molar-refractivity contribution in [3.63, 3.8) is 0 Å². The van der Waals surface area contributed by atoms with Crippen molar-refractivity contribution in [3.05, 3.63) is 41.6 Å². The van der Waals surface area contributed by atoms with Crippen LogP contribution in [0.2, 0.25) is 0 Å². The van der Waals surface area contributed by atoms with Crippen molar-refractivity contribution in [1.82, 2.24) is 19.6 Å². The molecule has 0 bridgehead atoms. The van der Waals surface area contributed by atoms with E-state index in [9.17, 15) is 13.2 Å². The monoisotopic (exact) mass is 487 g/mol. The van der Waals surface area contributed by atoms with Crippen molar-refractivity contribution in [1.29, 1.82) is 0 Å². The second-order valence-corrected chi connectivity index (χ2v) is 11.5. The van der Waals surface area contributed by atoms with E-state index in [0.29, 0.717) is 42.5 Å². The molecule has 0 radical (unpaired) electrons. The lowest BCUT2D eigenvalue weighted by molar-refractivity contribution is -0.120. The van der Waals surface area contributed by atoms with E-state index < -0.39 is 15.9 Å². The van der Waals surface area contributed by atoms with Crippen LogP contribution < -0.4 is 5.32 Å². The van der Waals surface area contributed by atoms with Gasteiger partial charge in [0.25, 0.3) is 0 Å². The summed E-state index contributed by atoms with van der Waals surface area (Å²) in [6, 6.07) is 7.15. The Kier molecular flexibility index (Phi) is 6.34. The van der Waals surface area contributed by atoms with Crippen LogP contribution in [0.15, 0.2) is 38.2 Å². The highest BCUT2D eigenvalue weighted by Crippen LogP contribution is 2.29. The second kappa shape index (κ2) is 8.95. The maximum Gasteiger partial charge on any atom is 0.248 e. The number of sulfonamides is 1. The zero-order valence-corrected chi connectivity index (χ0v) is 20.8. The lowest BCUT2D eigenvalue weighted by Gasteiger charge is -2.31. The molecular formula is C23H29N5O5S. The molecule has 10 nitrogen and oxygen atoms in total. The van der Waals surface area contributed by atoms with Crippen LogP contribution in [0.4, 0.5) is 5.69 Å². The van der Waals surface area contributed by atoms with Gasteiger partial charge in [-0.15, -0.1) is 0 Å². The highest BCUT2D eigenvalue weighted by molar-refractivity contribution is 7.89. The van der Waals surface area contributed by atoms with E-state index in [2.05, 4.69) is 20.6 Å². The van der Waals surface area contributed by atoms with Gasteiger partial charge in [-0.3, -0.25) is 4.79 Å². The molecular weight excluding hydrogens is 458 g/mol. The summed E-state index contributed by atoms with van der Waals surface area (Å²) in [6.07, 6.45) is 1.20. The molecule has 2 aromatic heterocycles. The number of nitrogens with zero attached hydrogens (tertiary/aromatic N) is 4. The van der Waals surface area contributed by atoms with Gasteiger partial charge in [0.05, 0.1) is 5.92 Å². The van der Waals surface area contributed by atoms with Crippen LogP contribution >= 0.6 is 0 Å². The van der Waals surface area contributed by atoms with Crippen LogP contribution in [0, 0.1) is 19.8 Å². The van der Waals surface area contributed by atoms with E-state index in [0.717, 1.165) is 5.56 Å². The minimum atomic E-state index is -3.79. The molecule has 4 rings (SSSR count). The van der Waals surface area contributed by atoms with Crippen LogP contribution in [0.25, 0.3) is 11.4 Å². The number of amides is 1. The predicted molar refractivity (Wildman–Crippen MR) is 125 cm³/mol. The third-order valence-electron chi connectivity index (χ3n) is 5.80. The highest BCUT2D eigenvalue weighted by atomic mass is 32.2. The van der Waals surface area contributed by atoms with E-state index >= 15 is 0 Å². The third-order valence-corrected chi connectivity index (χ3v) is 7.91. The van der Waals surface area contributed by atoms with Gasteiger partial charge in [0.1, 0.15) is 10.6 Å². The Labute approximate surface area is 198 Å². The number of piperidine rings is 1. The van der Waals surface area contributed by atoms with Gasteiger partial charge < -0.3 is 14.4 Å². The minimum Gasteiger partial charge on any atom is -0.360 e. The fraction of sp³-hybridized carbons (Fsp3) is 0.478. The summed E-state index contributed by atoms with van der Waals surface area (Å²) in [6.45, 7) is 9.61. The Bertz CT molecular complexity index is 1270. The number of carbonyl (C=O) groups is 1. The van der Waals surface area contributed by atoms with Gasteiger partial charge in [-0.2, -0.15) is 9.29 Å². The molecule has 34 heavy (non-hydrogen) atoms. The summed E-state index contributed by atoms with van der Waals surface area (Å²) in [4.78, 5) is 17.5. The Morgan fingerprint density at radius 3 is 2.41 bits per heavy atom. The molecule has 1 atom stereocenters. The Morgan fingerprint density at radius 2 is 1.82 bits per heavy atom. The number of benzene rings is 1. The van der Waals surface area contributed by atoms with E-state index in [4.69, 9.17) is 9.05 Å². The number of hydrogen-bond donors (Lipinski definition) is 1. The first-order valence-electron chi connectivity index (χ1n) is 11.2. The first-order valence-corrected chi connectivity index (χ1v) is 12.6. The van der Waals surface area contributed by atoms with Crippen molar-refractivity contribution in [2.45, 2.75) is 57.8 Å². The number of anilines is 1.